The second-order valence-electron chi connectivity index (χ2n) is 4.00. The normalized spacial score (nSPS) is 9.94. The Morgan fingerprint density at radius 2 is 1.94 bits per heavy atom. The van der Waals surface area contributed by atoms with Crippen molar-refractivity contribution in [1.82, 2.24) is 4.90 Å². The monoisotopic (exact) mass is 237 g/mol. The third-order valence-corrected chi connectivity index (χ3v) is 2.79. The number of carbonyl (C=O) groups excluding carboxylic acids is 1. The summed E-state index contributed by atoms with van der Waals surface area (Å²) in [6.45, 7) is 4.06. The summed E-state index contributed by atoms with van der Waals surface area (Å²) in [6, 6.07) is 3.77. The summed E-state index contributed by atoms with van der Waals surface area (Å²) >= 11 is 0. The number of hydrogen-bond donors (Lipinski definition) is 0. The van der Waals surface area contributed by atoms with Crippen LogP contribution in [0.5, 0.6) is 11.5 Å². The molecule has 4 nitrogen and oxygen atoms in total. The highest BCUT2D eigenvalue weighted by Crippen LogP contribution is 2.29. The molecule has 17 heavy (non-hydrogen) atoms. The van der Waals surface area contributed by atoms with Gasteiger partial charge in [0.25, 0.3) is 0 Å². The molecular weight excluding hydrogens is 218 g/mol. The molecule has 0 spiro atoms. The quantitative estimate of drug-likeness (QED) is 0.804. The first-order valence-corrected chi connectivity index (χ1v) is 5.42. The predicted molar refractivity (Wildman–Crippen MR) is 66.4 cm³/mol. The highest BCUT2D eigenvalue weighted by molar-refractivity contribution is 5.73. The number of rotatable bonds is 4. The van der Waals surface area contributed by atoms with Gasteiger partial charge in [-0.3, -0.25) is 4.79 Å². The van der Waals surface area contributed by atoms with Crippen LogP contribution in [0.25, 0.3) is 0 Å². The number of nitrogens with zero attached hydrogens (tertiary/aromatic N) is 1. The molecule has 0 radical (unpaired) electrons. The molecule has 0 aliphatic heterocycles. The number of amides is 1. The van der Waals surface area contributed by atoms with Crippen LogP contribution >= 0.6 is 0 Å². The Morgan fingerprint density at radius 3 is 2.41 bits per heavy atom. The van der Waals surface area contributed by atoms with Crippen molar-refractivity contribution in [2.75, 3.05) is 21.3 Å². The second kappa shape index (κ2) is 5.57. The van der Waals surface area contributed by atoms with Gasteiger partial charge in [0.15, 0.2) is 0 Å². The number of hydrogen-bond acceptors (Lipinski definition) is 3. The van der Waals surface area contributed by atoms with Crippen LogP contribution in [-0.4, -0.2) is 32.1 Å². The third kappa shape index (κ3) is 3.12. The van der Waals surface area contributed by atoms with E-state index in [2.05, 4.69) is 0 Å². The van der Waals surface area contributed by atoms with Gasteiger partial charge in [-0.1, -0.05) is 0 Å². The molecule has 0 unspecified atom stereocenters. The van der Waals surface area contributed by atoms with Gasteiger partial charge in [-0.2, -0.15) is 0 Å². The molecule has 1 rings (SSSR count). The first-order valence-electron chi connectivity index (χ1n) is 5.42. The number of ether oxygens (including phenoxy) is 2. The maximum absolute atomic E-state index is 11.2. The molecule has 0 fully saturated rings. The Labute approximate surface area is 102 Å². The van der Waals surface area contributed by atoms with Gasteiger partial charge in [-0.05, 0) is 18.6 Å². The molecule has 0 aliphatic carbocycles. The zero-order valence-corrected chi connectivity index (χ0v) is 11.0. The lowest BCUT2D eigenvalue weighted by Crippen LogP contribution is -2.23. The van der Waals surface area contributed by atoms with Crippen LogP contribution in [0.3, 0.4) is 0 Å². The minimum absolute atomic E-state index is 0.0299. The minimum Gasteiger partial charge on any atom is -0.497 e. The van der Waals surface area contributed by atoms with Crippen LogP contribution in [0, 0.1) is 6.92 Å². The average molecular weight is 237 g/mol. The number of benzene rings is 1. The summed E-state index contributed by atoms with van der Waals surface area (Å²) in [6.07, 6.45) is 0. The van der Waals surface area contributed by atoms with Crippen molar-refractivity contribution >= 4 is 5.91 Å². The van der Waals surface area contributed by atoms with Gasteiger partial charge in [0.1, 0.15) is 11.5 Å². The Balaban J connectivity index is 3.09. The molecule has 0 saturated carbocycles. The van der Waals surface area contributed by atoms with E-state index in [1.165, 1.54) is 0 Å². The molecule has 1 amide bonds. The highest BCUT2D eigenvalue weighted by atomic mass is 16.5. The van der Waals surface area contributed by atoms with Gasteiger partial charge in [0.2, 0.25) is 5.91 Å². The minimum atomic E-state index is 0.0299. The lowest BCUT2D eigenvalue weighted by Gasteiger charge is -2.19. The van der Waals surface area contributed by atoms with Crippen LogP contribution < -0.4 is 9.47 Å². The van der Waals surface area contributed by atoms with Gasteiger partial charge in [0, 0.05) is 32.1 Å². The first kappa shape index (κ1) is 13.4. The van der Waals surface area contributed by atoms with E-state index in [9.17, 15) is 4.79 Å². The fourth-order valence-electron chi connectivity index (χ4n) is 1.60. The standard InChI is InChI=1S/C13H19NO3/c1-9-6-11(16-4)7-13(17-5)12(9)8-14(3)10(2)15/h6-7H,8H2,1-5H3. The fourth-order valence-corrected chi connectivity index (χ4v) is 1.60. The Hall–Kier alpha value is -1.71. The number of carbonyl (C=O) groups is 1. The van der Waals surface area contributed by atoms with E-state index in [0.29, 0.717) is 6.54 Å². The van der Waals surface area contributed by atoms with E-state index in [4.69, 9.17) is 9.47 Å². The SMILES string of the molecule is COc1cc(C)c(CN(C)C(C)=O)c(OC)c1. The number of methoxy groups -OCH3 is 2. The Bertz CT molecular complexity index is 415. The molecule has 0 aliphatic rings. The zero-order valence-electron chi connectivity index (χ0n) is 11.0. The van der Waals surface area contributed by atoms with Crippen molar-refractivity contribution in [2.24, 2.45) is 0 Å². The van der Waals surface area contributed by atoms with E-state index in [-0.39, 0.29) is 5.91 Å². The molecule has 4 heteroatoms. The molecule has 0 N–H and O–H groups in total. The van der Waals surface area contributed by atoms with Gasteiger partial charge in [0.05, 0.1) is 14.2 Å². The van der Waals surface area contributed by atoms with Gasteiger partial charge >= 0.3 is 0 Å². The van der Waals surface area contributed by atoms with Crippen LogP contribution in [0.15, 0.2) is 12.1 Å². The molecule has 0 bridgehead atoms. The molecule has 0 heterocycles. The van der Waals surface area contributed by atoms with E-state index >= 15 is 0 Å². The zero-order chi connectivity index (χ0) is 13.0. The topological polar surface area (TPSA) is 38.8 Å². The van der Waals surface area contributed by atoms with Crippen molar-refractivity contribution in [3.8, 4) is 11.5 Å². The largest absolute Gasteiger partial charge is 0.497 e. The predicted octanol–water partition coefficient (Wildman–Crippen LogP) is 1.99. The first-order chi connectivity index (χ1) is 7.99. The van der Waals surface area contributed by atoms with E-state index in [1.54, 1.807) is 33.1 Å². The summed E-state index contributed by atoms with van der Waals surface area (Å²) in [5, 5.41) is 0. The average Bonchev–Trinajstić information content (AvgIpc) is 2.30. The van der Waals surface area contributed by atoms with Gasteiger partial charge in [-0.25, -0.2) is 0 Å². The Morgan fingerprint density at radius 1 is 1.29 bits per heavy atom. The van der Waals surface area contributed by atoms with Crippen molar-refractivity contribution in [3.63, 3.8) is 0 Å². The van der Waals surface area contributed by atoms with Crippen molar-refractivity contribution in [2.45, 2.75) is 20.4 Å². The van der Waals surface area contributed by atoms with Gasteiger partial charge in [-0.15, -0.1) is 0 Å². The smallest absolute Gasteiger partial charge is 0.219 e. The van der Waals surface area contributed by atoms with E-state index in [0.717, 1.165) is 22.6 Å². The lowest BCUT2D eigenvalue weighted by atomic mass is 10.1. The maximum atomic E-state index is 11.2. The van der Waals surface area contributed by atoms with Crippen molar-refractivity contribution < 1.29 is 14.3 Å². The Kier molecular flexibility index (Phi) is 4.37. The lowest BCUT2D eigenvalue weighted by molar-refractivity contribution is -0.128. The van der Waals surface area contributed by atoms with E-state index < -0.39 is 0 Å². The van der Waals surface area contributed by atoms with Gasteiger partial charge < -0.3 is 14.4 Å². The van der Waals surface area contributed by atoms with E-state index in [1.807, 2.05) is 19.1 Å². The second-order valence-corrected chi connectivity index (χ2v) is 4.00. The molecular formula is C13H19NO3. The molecule has 94 valence electrons. The highest BCUT2D eigenvalue weighted by Gasteiger charge is 2.12. The van der Waals surface area contributed by atoms with Crippen molar-refractivity contribution in [1.29, 1.82) is 0 Å². The summed E-state index contributed by atoms with van der Waals surface area (Å²) in [5.41, 5.74) is 2.06. The molecule has 0 aromatic heterocycles. The van der Waals surface area contributed by atoms with Crippen LogP contribution in [-0.2, 0) is 11.3 Å². The molecule has 0 saturated heterocycles. The van der Waals surface area contributed by atoms with Crippen LogP contribution in [0.2, 0.25) is 0 Å². The summed E-state index contributed by atoms with van der Waals surface area (Å²) < 4.78 is 10.5. The third-order valence-electron chi connectivity index (χ3n) is 2.79. The summed E-state index contributed by atoms with van der Waals surface area (Å²) in [7, 11) is 5.01. The summed E-state index contributed by atoms with van der Waals surface area (Å²) in [5.74, 6) is 1.53. The van der Waals surface area contributed by atoms with Crippen LogP contribution in [0.4, 0.5) is 0 Å². The molecule has 1 aromatic carbocycles. The summed E-state index contributed by atoms with van der Waals surface area (Å²) in [4.78, 5) is 12.9. The fraction of sp³-hybridized carbons (Fsp3) is 0.462. The number of aryl methyl sites for hydroxylation is 1. The molecule has 1 aromatic rings. The van der Waals surface area contributed by atoms with Crippen LogP contribution in [0.1, 0.15) is 18.1 Å². The van der Waals surface area contributed by atoms with Crippen molar-refractivity contribution in [3.05, 3.63) is 23.3 Å². The molecule has 0 atom stereocenters. The maximum Gasteiger partial charge on any atom is 0.219 e.